The van der Waals surface area contributed by atoms with E-state index in [4.69, 9.17) is 14.2 Å². The fraction of sp³-hybridized carbons (Fsp3) is 0.110. The first-order chi connectivity index (χ1) is 61.6. The van der Waals surface area contributed by atoms with Crippen LogP contribution in [0.15, 0.2) is 382 Å². The van der Waals surface area contributed by atoms with Gasteiger partial charge in [-0.2, -0.15) is 0 Å². The van der Waals surface area contributed by atoms with Crippen molar-refractivity contribution in [2.24, 2.45) is 0 Å². The Morgan fingerprint density at radius 3 is 0.724 bits per heavy atom. The van der Waals surface area contributed by atoms with Crippen LogP contribution in [-0.4, -0.2) is 17.9 Å². The predicted octanol–water partition coefficient (Wildman–Crippen LogP) is 30.2. The van der Waals surface area contributed by atoms with Crippen LogP contribution < -0.4 is 28.9 Å². The highest BCUT2D eigenvalue weighted by Crippen LogP contribution is 2.56. The summed E-state index contributed by atoms with van der Waals surface area (Å²) < 4.78 is 19.0. The molecule has 9 nitrogen and oxygen atoms in total. The molecule has 0 radical (unpaired) electrons. The lowest BCUT2D eigenvalue weighted by molar-refractivity contribution is 0.0725. The second-order valence-electron chi connectivity index (χ2n) is 35.8. The van der Waals surface area contributed by atoms with E-state index in [-0.39, 0.29) is 16.2 Å². The van der Waals surface area contributed by atoms with Crippen LogP contribution in [0, 0.1) is 20.8 Å². The molecule has 21 rings (SSSR count). The summed E-state index contributed by atoms with van der Waals surface area (Å²) >= 11 is 0. The minimum Gasteiger partial charge on any atom is -0.423 e. The van der Waals surface area contributed by atoms with E-state index in [2.05, 4.69) is 314 Å². The molecule has 0 aromatic heterocycles. The number of anilines is 9. The van der Waals surface area contributed by atoms with Crippen molar-refractivity contribution in [3.8, 4) is 50.6 Å². The van der Waals surface area contributed by atoms with Crippen molar-refractivity contribution < 1.29 is 28.6 Å². The van der Waals surface area contributed by atoms with Crippen LogP contribution in [0.25, 0.3) is 65.7 Å². The quantitative estimate of drug-likeness (QED) is 0.0473. The normalized spacial score (nSPS) is 13.3. The molecule has 0 fully saturated rings. The Hall–Kier alpha value is -15.5. The molecule has 127 heavy (non-hydrogen) atoms. The second-order valence-corrected chi connectivity index (χ2v) is 35.8. The first kappa shape index (κ1) is 78.8. The molecule has 0 saturated carbocycles. The van der Waals surface area contributed by atoms with Crippen molar-refractivity contribution in [2.45, 2.75) is 84.5 Å². The number of nitrogens with zero attached hydrogens (tertiary/aromatic N) is 3. The molecule has 9 heteroatoms. The molecule has 18 aromatic rings. The van der Waals surface area contributed by atoms with E-state index in [0.717, 1.165) is 100 Å². The number of fused-ring (bicyclic) bond motifs is 12. The van der Waals surface area contributed by atoms with Crippen LogP contribution in [-0.2, 0) is 16.2 Å². The lowest BCUT2D eigenvalue weighted by Crippen LogP contribution is -2.17. The molecule has 0 heterocycles. The zero-order valence-corrected chi connectivity index (χ0v) is 72.2. The first-order valence-electron chi connectivity index (χ1n) is 43.5. The molecule has 0 amide bonds. The monoisotopic (exact) mass is 1650 g/mol. The molecule has 0 atom stereocenters. The fourth-order valence-electron chi connectivity index (χ4n) is 19.8. The molecule has 0 bridgehead atoms. The highest BCUT2D eigenvalue weighted by atomic mass is 16.5. The summed E-state index contributed by atoms with van der Waals surface area (Å²) in [6.45, 7) is 20.3. The van der Waals surface area contributed by atoms with Crippen molar-refractivity contribution in [1.29, 1.82) is 0 Å². The molecule has 0 spiro atoms. The van der Waals surface area contributed by atoms with Crippen molar-refractivity contribution >= 4 is 101 Å². The van der Waals surface area contributed by atoms with Gasteiger partial charge in [0.25, 0.3) is 0 Å². The number of esters is 3. The zero-order chi connectivity index (χ0) is 86.7. The van der Waals surface area contributed by atoms with Crippen LogP contribution in [0.5, 0.6) is 17.2 Å². The molecule has 3 aliphatic rings. The number of rotatable bonds is 18. The maximum atomic E-state index is 14.8. The van der Waals surface area contributed by atoms with Gasteiger partial charge in [-0.25, -0.2) is 14.4 Å². The average molecular weight is 1650 g/mol. The third kappa shape index (κ3) is 14.2. The molecular formula is C118H91N3O6. The van der Waals surface area contributed by atoms with E-state index >= 15 is 0 Å². The maximum absolute atomic E-state index is 14.8. The van der Waals surface area contributed by atoms with Gasteiger partial charge in [0.1, 0.15) is 17.2 Å². The van der Waals surface area contributed by atoms with Crippen LogP contribution in [0.2, 0.25) is 0 Å². The maximum Gasteiger partial charge on any atom is 0.343 e. The van der Waals surface area contributed by atoms with Crippen molar-refractivity contribution in [1.82, 2.24) is 0 Å². The van der Waals surface area contributed by atoms with Crippen molar-refractivity contribution in [2.75, 3.05) is 14.7 Å². The molecular weight excluding hydrogens is 1560 g/mol. The Bertz CT molecular complexity index is 6820. The first-order valence-corrected chi connectivity index (χ1v) is 43.5. The van der Waals surface area contributed by atoms with Crippen molar-refractivity contribution in [3.63, 3.8) is 0 Å². The van der Waals surface area contributed by atoms with Gasteiger partial charge in [-0.05, 0) is 300 Å². The lowest BCUT2D eigenvalue weighted by atomic mass is 9.82. The molecule has 0 aliphatic heterocycles. The van der Waals surface area contributed by atoms with E-state index in [1.807, 2.05) is 127 Å². The van der Waals surface area contributed by atoms with Crippen LogP contribution in [0.3, 0.4) is 0 Å². The molecule has 0 N–H and O–H groups in total. The Morgan fingerprint density at radius 2 is 0.449 bits per heavy atom. The summed E-state index contributed by atoms with van der Waals surface area (Å²) in [4.78, 5) is 51.0. The lowest BCUT2D eigenvalue weighted by Gasteiger charge is -2.28. The third-order valence-corrected chi connectivity index (χ3v) is 26.5. The highest BCUT2D eigenvalue weighted by Gasteiger charge is 2.40. The molecule has 614 valence electrons. The van der Waals surface area contributed by atoms with Gasteiger partial charge in [0.05, 0.1) is 16.7 Å². The van der Waals surface area contributed by atoms with Gasteiger partial charge in [0.2, 0.25) is 0 Å². The minimum atomic E-state index is -0.515. The smallest absolute Gasteiger partial charge is 0.343 e. The van der Waals surface area contributed by atoms with Gasteiger partial charge in [-0.3, -0.25) is 0 Å². The number of hydrogen-bond donors (Lipinski definition) is 0. The third-order valence-electron chi connectivity index (χ3n) is 26.5. The summed E-state index contributed by atoms with van der Waals surface area (Å²) in [5.74, 6) is -0.911. The number of carbonyl (C=O) groups excluding carboxylic acids is 3. The van der Waals surface area contributed by atoms with E-state index in [1.54, 1.807) is 18.2 Å². The SMILES string of the molecule is Cc1ccc2c(c1)C(C)(C)c1cc(N(c3cccc(C(=O)Oc4ccc(C(c5ccc(OC(=O)c6cccc(N(c7ccc8c(c7)C(C)(C)c7cc(C)ccc7-8)c7ccc8ccccc8c7)c6)cc5)c5ccc(OC(=O)c6cccc(N(c7ccc8c(c7)C(C)(C)c7cc(C)ccc7-8)c7ccc8ccccc8c7)c6)cc5)cc4)c3)c3ccc4ccccc4c3)ccc1-2. The van der Waals surface area contributed by atoms with Gasteiger partial charge in [-0.1, -0.05) is 277 Å². The summed E-state index contributed by atoms with van der Waals surface area (Å²) in [7, 11) is 0. The van der Waals surface area contributed by atoms with Gasteiger partial charge in [0.15, 0.2) is 0 Å². The van der Waals surface area contributed by atoms with Crippen LogP contribution >= 0.6 is 0 Å². The minimum absolute atomic E-state index is 0.250. The van der Waals surface area contributed by atoms with Crippen molar-refractivity contribution in [3.05, 3.63) is 466 Å². The summed E-state index contributed by atoms with van der Waals surface area (Å²) in [6, 6.07) is 131. The number of aryl methyl sites for hydroxylation is 3. The zero-order valence-electron chi connectivity index (χ0n) is 72.2. The predicted molar refractivity (Wildman–Crippen MR) is 518 cm³/mol. The average Bonchev–Trinajstić information content (AvgIpc) is 1.59. The Labute approximate surface area is 740 Å². The number of benzene rings is 18. The Morgan fingerprint density at radius 1 is 0.220 bits per heavy atom. The van der Waals surface area contributed by atoms with E-state index in [0.29, 0.717) is 33.9 Å². The standard InChI is InChI=1S/C118H91N3O6/c1-73-31-55-100-103-58-46-94(70-109(103)116(4,5)106(100)61-73)119(91-43-34-76-19-10-13-22-82(76)64-91)88-28-16-25-85(67-88)113(122)125-97-49-37-79(38-50-97)112(80-39-51-98(52-40-80)126-114(123)86-26-17-29-89(68-86)120(92-44-35-77-20-11-14-23-83(77)65-92)95-47-59-104-101-56-32-74(2)62-107(101)117(6,7)110(104)71-95)81-41-53-99(54-42-81)127-115(124)87-27-18-30-90(69-87)121(93-45-36-78-21-12-15-24-84(78)66-93)96-48-60-105-102-57-33-75(3)63-108(102)118(8,9)111(105)72-96/h10-72,112H,1-9H3. The van der Waals surface area contributed by atoms with Gasteiger partial charge < -0.3 is 28.9 Å². The van der Waals surface area contributed by atoms with Gasteiger partial charge >= 0.3 is 17.9 Å². The summed E-state index contributed by atoms with van der Waals surface area (Å²) in [5, 5.41) is 6.68. The molecule has 18 aromatic carbocycles. The molecule has 0 unspecified atom stereocenters. The second kappa shape index (κ2) is 31.1. The van der Waals surface area contributed by atoms with Crippen LogP contribution in [0.1, 0.15) is 145 Å². The topological polar surface area (TPSA) is 88.6 Å². The van der Waals surface area contributed by atoms with Gasteiger partial charge in [-0.15, -0.1) is 0 Å². The molecule has 0 saturated heterocycles. The Kier molecular flexibility index (Phi) is 19.3. The highest BCUT2D eigenvalue weighted by molar-refractivity contribution is 6.00. The van der Waals surface area contributed by atoms with E-state index in [9.17, 15) is 14.4 Å². The summed E-state index contributed by atoms with van der Waals surface area (Å²) in [6.07, 6.45) is 0. The largest absolute Gasteiger partial charge is 0.423 e. The number of hydrogen-bond acceptors (Lipinski definition) is 9. The number of carbonyl (C=O) groups is 3. The van der Waals surface area contributed by atoms with E-state index in [1.165, 1.54) is 83.5 Å². The van der Waals surface area contributed by atoms with Crippen LogP contribution in [0.4, 0.5) is 51.2 Å². The number of ether oxygens (including phenoxy) is 3. The van der Waals surface area contributed by atoms with Gasteiger partial charge in [0, 0.05) is 73.3 Å². The molecule has 3 aliphatic carbocycles. The van der Waals surface area contributed by atoms with E-state index < -0.39 is 23.8 Å². The fourth-order valence-corrected chi connectivity index (χ4v) is 19.8. The Balaban J connectivity index is 0.586. The summed E-state index contributed by atoms with van der Waals surface area (Å²) in [5.41, 5.74) is 29.9.